The highest BCUT2D eigenvalue weighted by atomic mass is 16.5. The van der Waals surface area contributed by atoms with Crippen molar-refractivity contribution in [3.05, 3.63) is 47.7 Å². The van der Waals surface area contributed by atoms with Gasteiger partial charge in [0.1, 0.15) is 11.7 Å². The fourth-order valence-corrected chi connectivity index (χ4v) is 3.21. The Kier molecular flexibility index (Phi) is 5.90. The average Bonchev–Trinajstić information content (AvgIpc) is 2.61. The number of hydrogen-bond donors (Lipinski definition) is 0. The van der Waals surface area contributed by atoms with Gasteiger partial charge in [-0.3, -0.25) is 14.4 Å². The zero-order valence-corrected chi connectivity index (χ0v) is 14.3. The minimum absolute atomic E-state index is 0.0718. The van der Waals surface area contributed by atoms with Crippen LogP contribution < -0.4 is 0 Å². The first-order chi connectivity index (χ1) is 11.5. The average molecular weight is 329 g/mol. The summed E-state index contributed by atoms with van der Waals surface area (Å²) in [6.07, 6.45) is 3.03. The number of benzene rings is 1. The molecular formula is C19H23NO4. The van der Waals surface area contributed by atoms with Gasteiger partial charge in [-0.1, -0.05) is 25.1 Å². The molecular weight excluding hydrogens is 306 g/mol. The molecule has 5 heteroatoms. The first-order valence-corrected chi connectivity index (χ1v) is 8.14. The van der Waals surface area contributed by atoms with Crippen molar-refractivity contribution in [3.63, 3.8) is 0 Å². The molecule has 0 aromatic heterocycles. The molecule has 1 aromatic carbocycles. The predicted molar refractivity (Wildman–Crippen MR) is 90.1 cm³/mol. The number of hydrogen-bond acceptors (Lipinski definition) is 4. The fourth-order valence-electron chi connectivity index (χ4n) is 3.21. The van der Waals surface area contributed by atoms with Crippen molar-refractivity contribution in [2.24, 2.45) is 11.8 Å². The smallest absolute Gasteiger partial charge is 0.316 e. The van der Waals surface area contributed by atoms with Crippen LogP contribution in [0.4, 0.5) is 0 Å². The van der Waals surface area contributed by atoms with Crippen molar-refractivity contribution in [2.75, 3.05) is 13.7 Å². The van der Waals surface area contributed by atoms with Gasteiger partial charge < -0.3 is 9.64 Å². The number of Topliss-reactive ketones (excluding diaryl/α,β-unsaturated/α-hetero) is 1. The van der Waals surface area contributed by atoms with E-state index in [-0.39, 0.29) is 17.6 Å². The topological polar surface area (TPSA) is 63.7 Å². The van der Waals surface area contributed by atoms with Crippen molar-refractivity contribution in [1.29, 1.82) is 0 Å². The zero-order chi connectivity index (χ0) is 17.7. The van der Waals surface area contributed by atoms with E-state index in [1.807, 2.05) is 25.1 Å². The van der Waals surface area contributed by atoms with Crippen LogP contribution in [-0.4, -0.2) is 36.2 Å². The second kappa shape index (κ2) is 7.90. The van der Waals surface area contributed by atoms with Crippen LogP contribution in [0.1, 0.15) is 37.0 Å². The van der Waals surface area contributed by atoms with Crippen molar-refractivity contribution in [1.82, 2.24) is 4.90 Å². The third-order valence-electron chi connectivity index (χ3n) is 4.46. The number of ether oxygens (including phenoxy) is 1. The quantitative estimate of drug-likeness (QED) is 0.615. The van der Waals surface area contributed by atoms with Gasteiger partial charge in [0.05, 0.1) is 7.11 Å². The number of methoxy groups -OCH3 is 1. The van der Waals surface area contributed by atoms with Gasteiger partial charge in [-0.05, 0) is 37.5 Å². The Morgan fingerprint density at radius 3 is 2.46 bits per heavy atom. The highest BCUT2D eigenvalue weighted by molar-refractivity contribution is 5.98. The van der Waals surface area contributed by atoms with E-state index < -0.39 is 11.9 Å². The van der Waals surface area contributed by atoms with Crippen LogP contribution in [0.2, 0.25) is 0 Å². The molecule has 5 nitrogen and oxygen atoms in total. The number of rotatable bonds is 5. The van der Waals surface area contributed by atoms with E-state index in [2.05, 4.69) is 0 Å². The van der Waals surface area contributed by atoms with Gasteiger partial charge in [0.25, 0.3) is 5.91 Å². The van der Waals surface area contributed by atoms with Crippen molar-refractivity contribution < 1.29 is 19.1 Å². The van der Waals surface area contributed by atoms with Gasteiger partial charge in [-0.25, -0.2) is 0 Å². The summed E-state index contributed by atoms with van der Waals surface area (Å²) >= 11 is 0. The van der Waals surface area contributed by atoms with Gasteiger partial charge in [0.15, 0.2) is 0 Å². The lowest BCUT2D eigenvalue weighted by atomic mass is 9.78. The van der Waals surface area contributed by atoms with Crippen LogP contribution in [0.5, 0.6) is 0 Å². The largest absolute Gasteiger partial charge is 0.468 e. The number of amides is 1. The van der Waals surface area contributed by atoms with Crippen LogP contribution in [-0.2, 0) is 14.3 Å². The summed E-state index contributed by atoms with van der Waals surface area (Å²) in [6, 6.07) is 9.08. The maximum Gasteiger partial charge on any atom is 0.316 e. The van der Waals surface area contributed by atoms with Crippen LogP contribution >= 0.6 is 0 Å². The predicted octanol–water partition coefficient (Wildman–Crippen LogP) is 2.82. The standard InChI is InChI=1S/C19H23NO4/c1-4-14-12-20(18(22)15-8-6-5-7-9-15)11-10-16(14)17(13(2)21)19(23)24-3/h5-9,12,16-17H,4,10-11H2,1-3H3. The second-order valence-electron chi connectivity index (χ2n) is 5.93. The van der Waals surface area contributed by atoms with Crippen LogP contribution in [0, 0.1) is 11.8 Å². The monoisotopic (exact) mass is 329 g/mol. The molecule has 2 atom stereocenters. The van der Waals surface area contributed by atoms with Crippen LogP contribution in [0.15, 0.2) is 42.1 Å². The SMILES string of the molecule is CCC1=CN(C(=O)c2ccccc2)CCC1C(C(C)=O)C(=O)OC. The number of carbonyl (C=O) groups excluding carboxylic acids is 3. The normalized spacial score (nSPS) is 18.5. The minimum atomic E-state index is -0.796. The van der Waals surface area contributed by atoms with E-state index in [1.54, 1.807) is 23.2 Å². The van der Waals surface area contributed by atoms with Crippen LogP contribution in [0.25, 0.3) is 0 Å². The van der Waals surface area contributed by atoms with E-state index in [1.165, 1.54) is 14.0 Å². The third kappa shape index (κ3) is 3.72. The Morgan fingerprint density at radius 2 is 1.92 bits per heavy atom. The Morgan fingerprint density at radius 1 is 1.25 bits per heavy atom. The Bertz CT molecular complexity index is 651. The number of nitrogens with zero attached hydrogens (tertiary/aromatic N) is 1. The molecule has 1 amide bonds. The van der Waals surface area contributed by atoms with Crippen molar-refractivity contribution >= 4 is 17.7 Å². The molecule has 0 aliphatic carbocycles. The summed E-state index contributed by atoms with van der Waals surface area (Å²) in [5.41, 5.74) is 1.55. The molecule has 2 unspecified atom stereocenters. The molecule has 0 saturated carbocycles. The summed E-state index contributed by atoms with van der Waals surface area (Å²) in [5.74, 6) is -1.78. The first kappa shape index (κ1) is 17.9. The number of allylic oxidation sites excluding steroid dienone is 1. The van der Waals surface area contributed by atoms with E-state index in [4.69, 9.17) is 4.74 Å². The summed E-state index contributed by atoms with van der Waals surface area (Å²) in [7, 11) is 1.29. The highest BCUT2D eigenvalue weighted by Gasteiger charge is 2.37. The zero-order valence-electron chi connectivity index (χ0n) is 14.3. The van der Waals surface area contributed by atoms with Gasteiger partial charge in [0.2, 0.25) is 0 Å². The molecule has 1 aliphatic heterocycles. The van der Waals surface area contributed by atoms with Gasteiger partial charge >= 0.3 is 5.97 Å². The molecule has 1 heterocycles. The van der Waals surface area contributed by atoms with Crippen molar-refractivity contribution in [2.45, 2.75) is 26.7 Å². The summed E-state index contributed by atoms with van der Waals surface area (Å²) in [5, 5.41) is 0. The van der Waals surface area contributed by atoms with Gasteiger partial charge in [0, 0.05) is 24.2 Å². The first-order valence-electron chi connectivity index (χ1n) is 8.14. The van der Waals surface area contributed by atoms with E-state index in [0.717, 1.165) is 5.57 Å². The van der Waals surface area contributed by atoms with Crippen LogP contribution in [0.3, 0.4) is 0 Å². The molecule has 1 aromatic rings. The lowest BCUT2D eigenvalue weighted by Crippen LogP contribution is -2.39. The lowest BCUT2D eigenvalue weighted by molar-refractivity contribution is -0.150. The third-order valence-corrected chi connectivity index (χ3v) is 4.46. The molecule has 1 aliphatic rings. The molecule has 0 bridgehead atoms. The molecule has 24 heavy (non-hydrogen) atoms. The molecule has 0 N–H and O–H groups in total. The summed E-state index contributed by atoms with van der Waals surface area (Å²) in [4.78, 5) is 38.2. The molecule has 0 fully saturated rings. The summed E-state index contributed by atoms with van der Waals surface area (Å²) in [6.45, 7) is 3.85. The summed E-state index contributed by atoms with van der Waals surface area (Å²) < 4.78 is 4.80. The highest BCUT2D eigenvalue weighted by Crippen LogP contribution is 2.33. The maximum atomic E-state index is 12.6. The second-order valence-corrected chi connectivity index (χ2v) is 5.93. The molecule has 2 rings (SSSR count). The fraction of sp³-hybridized carbons (Fsp3) is 0.421. The number of esters is 1. The Balaban J connectivity index is 2.27. The van der Waals surface area contributed by atoms with E-state index >= 15 is 0 Å². The number of carbonyl (C=O) groups is 3. The lowest BCUT2D eigenvalue weighted by Gasteiger charge is -2.33. The van der Waals surface area contributed by atoms with Crippen molar-refractivity contribution in [3.8, 4) is 0 Å². The number of ketones is 1. The molecule has 0 radical (unpaired) electrons. The molecule has 0 spiro atoms. The Labute approximate surface area is 142 Å². The van der Waals surface area contributed by atoms with E-state index in [0.29, 0.717) is 24.9 Å². The Hall–Kier alpha value is -2.43. The molecule has 128 valence electrons. The van der Waals surface area contributed by atoms with Gasteiger partial charge in [-0.15, -0.1) is 0 Å². The minimum Gasteiger partial charge on any atom is -0.468 e. The van der Waals surface area contributed by atoms with Gasteiger partial charge in [-0.2, -0.15) is 0 Å². The molecule has 0 saturated heterocycles. The van der Waals surface area contributed by atoms with E-state index in [9.17, 15) is 14.4 Å². The maximum absolute atomic E-state index is 12.6.